The van der Waals surface area contributed by atoms with Gasteiger partial charge in [0.05, 0.1) is 6.10 Å². The zero-order valence-corrected chi connectivity index (χ0v) is 8.26. The molecule has 1 atom stereocenters. The van der Waals surface area contributed by atoms with E-state index in [0.717, 1.165) is 0 Å². The van der Waals surface area contributed by atoms with Gasteiger partial charge in [0.15, 0.2) is 0 Å². The van der Waals surface area contributed by atoms with E-state index in [2.05, 4.69) is 10.3 Å². The minimum atomic E-state index is -0.389. The number of likely N-dealkylation sites (tertiary alicyclic amines) is 1. The molecule has 1 aliphatic heterocycles. The molecule has 0 spiro atoms. The minimum Gasteiger partial charge on any atom is -0.391 e. The second-order valence-corrected chi connectivity index (χ2v) is 3.53. The van der Waals surface area contributed by atoms with Crippen LogP contribution in [0.1, 0.15) is 6.42 Å². The van der Waals surface area contributed by atoms with Gasteiger partial charge in [-0.1, -0.05) is 6.07 Å². The SMILES string of the molecule is O=C(Nc1ccccn1)N1CC[C@H](O)C1. The third-order valence-electron chi connectivity index (χ3n) is 2.35. The fourth-order valence-corrected chi connectivity index (χ4v) is 1.55. The van der Waals surface area contributed by atoms with Crippen molar-refractivity contribution in [1.82, 2.24) is 9.88 Å². The van der Waals surface area contributed by atoms with E-state index >= 15 is 0 Å². The molecule has 2 rings (SSSR count). The topological polar surface area (TPSA) is 65.5 Å². The first-order valence-electron chi connectivity index (χ1n) is 4.91. The number of rotatable bonds is 1. The summed E-state index contributed by atoms with van der Waals surface area (Å²) in [5.74, 6) is 0.531. The number of hydrogen-bond acceptors (Lipinski definition) is 3. The molecule has 2 amide bonds. The molecule has 2 heterocycles. The summed E-state index contributed by atoms with van der Waals surface area (Å²) in [5, 5.41) is 11.9. The highest BCUT2D eigenvalue weighted by atomic mass is 16.3. The molecule has 5 nitrogen and oxygen atoms in total. The van der Waals surface area contributed by atoms with Crippen molar-refractivity contribution in [3.05, 3.63) is 24.4 Å². The monoisotopic (exact) mass is 207 g/mol. The van der Waals surface area contributed by atoms with Gasteiger partial charge < -0.3 is 10.0 Å². The van der Waals surface area contributed by atoms with Crippen LogP contribution in [0, 0.1) is 0 Å². The van der Waals surface area contributed by atoms with E-state index in [-0.39, 0.29) is 12.1 Å². The number of nitrogens with zero attached hydrogens (tertiary/aromatic N) is 2. The number of pyridine rings is 1. The highest BCUT2D eigenvalue weighted by Gasteiger charge is 2.24. The third kappa shape index (κ3) is 2.44. The summed E-state index contributed by atoms with van der Waals surface area (Å²) in [6.45, 7) is 0.999. The maximum absolute atomic E-state index is 11.6. The summed E-state index contributed by atoms with van der Waals surface area (Å²) >= 11 is 0. The molecule has 2 N–H and O–H groups in total. The van der Waals surface area contributed by atoms with Crippen molar-refractivity contribution in [3.8, 4) is 0 Å². The van der Waals surface area contributed by atoms with Crippen LogP contribution < -0.4 is 5.32 Å². The molecule has 1 saturated heterocycles. The number of β-amino-alcohol motifs (C(OH)–C–C–N with tert-alkyl or cyclic N) is 1. The largest absolute Gasteiger partial charge is 0.391 e. The summed E-state index contributed by atoms with van der Waals surface area (Å²) in [5.41, 5.74) is 0. The van der Waals surface area contributed by atoms with Gasteiger partial charge in [0, 0.05) is 19.3 Å². The molecule has 15 heavy (non-hydrogen) atoms. The molecule has 0 saturated carbocycles. The Morgan fingerprint density at radius 2 is 2.47 bits per heavy atom. The highest BCUT2D eigenvalue weighted by molar-refractivity contribution is 5.88. The number of aliphatic hydroxyl groups is 1. The number of aliphatic hydroxyl groups excluding tert-OH is 1. The fourth-order valence-electron chi connectivity index (χ4n) is 1.55. The number of anilines is 1. The molecule has 0 aliphatic carbocycles. The first kappa shape index (κ1) is 9.92. The number of hydrogen-bond donors (Lipinski definition) is 2. The van der Waals surface area contributed by atoms with Crippen molar-refractivity contribution in [1.29, 1.82) is 0 Å². The number of carbonyl (C=O) groups is 1. The number of aromatic nitrogens is 1. The molecule has 0 aromatic carbocycles. The first-order valence-corrected chi connectivity index (χ1v) is 4.91. The van der Waals surface area contributed by atoms with E-state index in [1.54, 1.807) is 29.3 Å². The Labute approximate surface area is 87.7 Å². The van der Waals surface area contributed by atoms with Gasteiger partial charge in [-0.05, 0) is 18.6 Å². The lowest BCUT2D eigenvalue weighted by Gasteiger charge is -2.15. The summed E-state index contributed by atoms with van der Waals surface area (Å²) in [6.07, 6.45) is 1.88. The molecule has 80 valence electrons. The molecule has 1 aromatic rings. The van der Waals surface area contributed by atoms with Crippen LogP contribution in [0.25, 0.3) is 0 Å². The molecule has 1 fully saturated rings. The molecule has 1 aromatic heterocycles. The first-order chi connectivity index (χ1) is 7.25. The summed E-state index contributed by atoms with van der Waals surface area (Å²) < 4.78 is 0. The van der Waals surface area contributed by atoms with Crippen LogP contribution in [0.3, 0.4) is 0 Å². The average molecular weight is 207 g/mol. The molecular weight excluding hydrogens is 194 g/mol. The molecule has 5 heteroatoms. The smallest absolute Gasteiger partial charge is 0.323 e. The predicted molar refractivity (Wildman–Crippen MR) is 55.5 cm³/mol. The van der Waals surface area contributed by atoms with Gasteiger partial charge in [-0.3, -0.25) is 5.32 Å². The van der Waals surface area contributed by atoms with E-state index in [1.807, 2.05) is 0 Å². The molecule has 0 radical (unpaired) electrons. The maximum Gasteiger partial charge on any atom is 0.323 e. The Morgan fingerprint density at radius 1 is 1.60 bits per heavy atom. The Balaban J connectivity index is 1.93. The van der Waals surface area contributed by atoms with Crippen LogP contribution in [0.5, 0.6) is 0 Å². The zero-order chi connectivity index (χ0) is 10.7. The number of amides is 2. The van der Waals surface area contributed by atoms with Gasteiger partial charge in [0.25, 0.3) is 0 Å². The lowest BCUT2D eigenvalue weighted by atomic mass is 10.3. The second kappa shape index (κ2) is 4.27. The minimum absolute atomic E-state index is 0.203. The number of nitrogens with one attached hydrogen (secondary N) is 1. The van der Waals surface area contributed by atoms with E-state index < -0.39 is 0 Å². The van der Waals surface area contributed by atoms with Crippen molar-refractivity contribution in [2.75, 3.05) is 18.4 Å². The van der Waals surface area contributed by atoms with Crippen molar-refractivity contribution >= 4 is 11.8 Å². The van der Waals surface area contributed by atoms with Crippen LogP contribution in [-0.2, 0) is 0 Å². The van der Waals surface area contributed by atoms with Gasteiger partial charge >= 0.3 is 6.03 Å². The van der Waals surface area contributed by atoms with Crippen molar-refractivity contribution < 1.29 is 9.90 Å². The van der Waals surface area contributed by atoms with Crippen LogP contribution in [0.15, 0.2) is 24.4 Å². The standard InChI is InChI=1S/C10H13N3O2/c14-8-4-6-13(7-8)10(15)12-9-3-1-2-5-11-9/h1-3,5,8,14H,4,6-7H2,(H,11,12,15)/t8-/m0/s1. The van der Waals surface area contributed by atoms with Gasteiger partial charge in [0.1, 0.15) is 5.82 Å². The van der Waals surface area contributed by atoms with Crippen LogP contribution in [0.4, 0.5) is 10.6 Å². The number of carbonyl (C=O) groups excluding carboxylic acids is 1. The predicted octanol–water partition coefficient (Wildman–Crippen LogP) is 0.680. The molecule has 1 aliphatic rings. The van der Waals surface area contributed by atoms with Crippen molar-refractivity contribution in [3.63, 3.8) is 0 Å². The van der Waals surface area contributed by atoms with Gasteiger partial charge in [-0.2, -0.15) is 0 Å². The normalized spacial score (nSPS) is 20.3. The maximum atomic E-state index is 11.6. The Kier molecular flexibility index (Phi) is 2.82. The van der Waals surface area contributed by atoms with Crippen LogP contribution in [0.2, 0.25) is 0 Å². The average Bonchev–Trinajstić information content (AvgIpc) is 2.66. The van der Waals surface area contributed by atoms with Crippen LogP contribution >= 0.6 is 0 Å². The molecule has 0 unspecified atom stereocenters. The zero-order valence-electron chi connectivity index (χ0n) is 8.26. The van der Waals surface area contributed by atoms with E-state index in [1.165, 1.54) is 0 Å². The summed E-state index contributed by atoms with van der Waals surface area (Å²) in [7, 11) is 0. The van der Waals surface area contributed by atoms with Gasteiger partial charge in [-0.15, -0.1) is 0 Å². The van der Waals surface area contributed by atoms with E-state index in [0.29, 0.717) is 25.3 Å². The Morgan fingerprint density at radius 3 is 3.07 bits per heavy atom. The van der Waals surface area contributed by atoms with Crippen LogP contribution in [-0.4, -0.2) is 40.2 Å². The quantitative estimate of drug-likeness (QED) is 0.711. The molecular formula is C10H13N3O2. The van der Waals surface area contributed by atoms with Gasteiger partial charge in [0.2, 0.25) is 0 Å². The second-order valence-electron chi connectivity index (χ2n) is 3.53. The van der Waals surface area contributed by atoms with Crippen molar-refractivity contribution in [2.45, 2.75) is 12.5 Å². The Hall–Kier alpha value is -1.62. The number of urea groups is 1. The Bertz CT molecular complexity index is 342. The van der Waals surface area contributed by atoms with Gasteiger partial charge in [-0.25, -0.2) is 9.78 Å². The fraction of sp³-hybridized carbons (Fsp3) is 0.400. The third-order valence-corrected chi connectivity index (χ3v) is 2.35. The lowest BCUT2D eigenvalue weighted by Crippen LogP contribution is -2.33. The molecule has 0 bridgehead atoms. The summed E-state index contributed by atoms with van der Waals surface area (Å²) in [6, 6.07) is 5.12. The van der Waals surface area contributed by atoms with Crippen molar-refractivity contribution in [2.24, 2.45) is 0 Å². The summed E-state index contributed by atoms with van der Waals surface area (Å²) in [4.78, 5) is 17.2. The van der Waals surface area contributed by atoms with E-state index in [9.17, 15) is 9.90 Å². The highest BCUT2D eigenvalue weighted by Crippen LogP contribution is 2.10. The van der Waals surface area contributed by atoms with E-state index in [4.69, 9.17) is 0 Å². The lowest BCUT2D eigenvalue weighted by molar-refractivity contribution is 0.176.